The van der Waals surface area contributed by atoms with Crippen molar-refractivity contribution in [2.24, 2.45) is 0 Å². The summed E-state index contributed by atoms with van der Waals surface area (Å²) in [6.07, 6.45) is 0. The highest BCUT2D eigenvalue weighted by molar-refractivity contribution is 7.80. The molecule has 2 aromatic carbocycles. The summed E-state index contributed by atoms with van der Waals surface area (Å²) in [6.45, 7) is 0.265. The van der Waals surface area contributed by atoms with Crippen LogP contribution in [0, 0.1) is 23.0 Å². The number of nitriles is 1. The third-order valence-corrected chi connectivity index (χ3v) is 2.93. The molecule has 0 saturated carbocycles. The maximum atomic E-state index is 13.1. The molecule has 21 heavy (non-hydrogen) atoms. The molecule has 2 aromatic rings. The summed E-state index contributed by atoms with van der Waals surface area (Å²) in [5.41, 5.74) is 1.77. The maximum Gasteiger partial charge on any atom is 0.171 e. The Kier molecular flexibility index (Phi) is 4.80. The first-order valence-electron chi connectivity index (χ1n) is 6.07. The van der Waals surface area contributed by atoms with Crippen molar-refractivity contribution in [1.29, 1.82) is 5.26 Å². The monoisotopic (exact) mass is 303 g/mol. The molecular formula is C15H11F2N3S. The van der Waals surface area contributed by atoms with Crippen LogP contribution in [-0.4, -0.2) is 5.11 Å². The Balaban J connectivity index is 1.92. The van der Waals surface area contributed by atoms with E-state index in [4.69, 9.17) is 17.5 Å². The van der Waals surface area contributed by atoms with E-state index in [1.54, 1.807) is 24.3 Å². The van der Waals surface area contributed by atoms with Crippen molar-refractivity contribution >= 4 is 23.0 Å². The molecule has 0 bridgehead atoms. The highest BCUT2D eigenvalue weighted by Gasteiger charge is 2.03. The van der Waals surface area contributed by atoms with Crippen molar-refractivity contribution < 1.29 is 8.78 Å². The smallest absolute Gasteiger partial charge is 0.171 e. The first-order chi connectivity index (χ1) is 10.1. The van der Waals surface area contributed by atoms with Gasteiger partial charge in [-0.2, -0.15) is 5.26 Å². The molecule has 3 nitrogen and oxygen atoms in total. The zero-order chi connectivity index (χ0) is 15.2. The topological polar surface area (TPSA) is 47.9 Å². The molecule has 0 aliphatic heterocycles. The number of thiocarbonyl (C=S) groups is 1. The van der Waals surface area contributed by atoms with Crippen LogP contribution in [0.5, 0.6) is 0 Å². The minimum atomic E-state index is -0.894. The summed E-state index contributed by atoms with van der Waals surface area (Å²) in [5.74, 6) is -1.78. The number of hydrogen-bond acceptors (Lipinski definition) is 2. The van der Waals surface area contributed by atoms with Gasteiger partial charge in [0.25, 0.3) is 0 Å². The van der Waals surface area contributed by atoms with Crippen LogP contribution in [0.1, 0.15) is 11.1 Å². The zero-order valence-electron chi connectivity index (χ0n) is 10.9. The van der Waals surface area contributed by atoms with E-state index in [9.17, 15) is 8.78 Å². The van der Waals surface area contributed by atoms with Gasteiger partial charge in [-0.1, -0.05) is 12.1 Å². The van der Waals surface area contributed by atoms with Gasteiger partial charge in [0.2, 0.25) is 0 Å². The summed E-state index contributed by atoms with van der Waals surface area (Å²) in [4.78, 5) is 0. The van der Waals surface area contributed by atoms with Gasteiger partial charge in [-0.3, -0.25) is 0 Å². The van der Waals surface area contributed by atoms with E-state index in [2.05, 4.69) is 10.6 Å². The second kappa shape index (κ2) is 6.77. The largest absolute Gasteiger partial charge is 0.358 e. The number of nitrogens with one attached hydrogen (secondary N) is 2. The Morgan fingerprint density at radius 2 is 1.95 bits per heavy atom. The van der Waals surface area contributed by atoms with Gasteiger partial charge in [0, 0.05) is 12.2 Å². The predicted octanol–water partition coefficient (Wildman–Crippen LogP) is 3.32. The van der Waals surface area contributed by atoms with Crippen LogP contribution >= 0.6 is 12.2 Å². The van der Waals surface area contributed by atoms with Crippen molar-refractivity contribution in [3.63, 3.8) is 0 Å². The molecule has 2 rings (SSSR count). The van der Waals surface area contributed by atoms with E-state index in [0.717, 1.165) is 12.1 Å². The van der Waals surface area contributed by atoms with Crippen LogP contribution in [0.4, 0.5) is 14.5 Å². The molecule has 0 spiro atoms. The molecule has 0 aliphatic rings. The Morgan fingerprint density at radius 1 is 1.14 bits per heavy atom. The van der Waals surface area contributed by atoms with E-state index >= 15 is 0 Å². The fraction of sp³-hybridized carbons (Fsp3) is 0.0667. The lowest BCUT2D eigenvalue weighted by Crippen LogP contribution is -2.27. The summed E-state index contributed by atoms with van der Waals surface area (Å²) in [5, 5.41) is 14.9. The molecule has 0 heterocycles. The summed E-state index contributed by atoms with van der Waals surface area (Å²) in [7, 11) is 0. The van der Waals surface area contributed by atoms with Crippen LogP contribution in [0.25, 0.3) is 0 Å². The van der Waals surface area contributed by atoms with Crippen molar-refractivity contribution in [2.75, 3.05) is 5.32 Å². The van der Waals surface area contributed by atoms with Gasteiger partial charge in [0.15, 0.2) is 16.7 Å². The van der Waals surface area contributed by atoms with Gasteiger partial charge in [0.05, 0.1) is 11.6 Å². The SMILES string of the molecule is N#Cc1cccc(NC(=S)NCc2ccc(F)c(F)c2)c1. The molecule has 0 atom stereocenters. The number of halogens is 2. The second-order valence-corrected chi connectivity index (χ2v) is 4.66. The number of benzene rings is 2. The summed E-state index contributed by atoms with van der Waals surface area (Å²) in [6, 6.07) is 12.5. The normalized spacial score (nSPS) is 9.76. The Bertz CT molecular complexity index is 710. The van der Waals surface area contributed by atoms with Crippen LogP contribution in [0.15, 0.2) is 42.5 Å². The molecule has 0 radical (unpaired) electrons. The molecule has 2 N–H and O–H groups in total. The van der Waals surface area contributed by atoms with E-state index in [1.165, 1.54) is 6.07 Å². The zero-order valence-corrected chi connectivity index (χ0v) is 11.7. The van der Waals surface area contributed by atoms with Crippen LogP contribution in [0.3, 0.4) is 0 Å². The van der Waals surface area contributed by atoms with Crippen LogP contribution < -0.4 is 10.6 Å². The Hall–Kier alpha value is -2.52. The first-order valence-corrected chi connectivity index (χ1v) is 6.48. The average molecular weight is 303 g/mol. The average Bonchev–Trinajstić information content (AvgIpc) is 2.48. The molecule has 6 heteroatoms. The number of anilines is 1. The maximum absolute atomic E-state index is 13.1. The minimum Gasteiger partial charge on any atom is -0.358 e. The van der Waals surface area contributed by atoms with E-state index in [0.29, 0.717) is 21.9 Å². The van der Waals surface area contributed by atoms with Gasteiger partial charge >= 0.3 is 0 Å². The van der Waals surface area contributed by atoms with E-state index in [-0.39, 0.29) is 6.54 Å². The molecule has 0 saturated heterocycles. The summed E-state index contributed by atoms with van der Waals surface area (Å²) < 4.78 is 25.8. The van der Waals surface area contributed by atoms with Crippen LogP contribution in [0.2, 0.25) is 0 Å². The van der Waals surface area contributed by atoms with Crippen LogP contribution in [-0.2, 0) is 6.54 Å². The van der Waals surface area contributed by atoms with Crippen molar-refractivity contribution in [1.82, 2.24) is 5.32 Å². The molecule has 106 valence electrons. The van der Waals surface area contributed by atoms with E-state index < -0.39 is 11.6 Å². The third-order valence-electron chi connectivity index (χ3n) is 2.69. The van der Waals surface area contributed by atoms with Crippen molar-refractivity contribution in [3.05, 3.63) is 65.2 Å². The lowest BCUT2D eigenvalue weighted by Gasteiger charge is -2.11. The second-order valence-electron chi connectivity index (χ2n) is 4.25. The standard InChI is InChI=1S/C15H11F2N3S/c16-13-5-4-11(7-14(13)17)9-19-15(21)20-12-3-1-2-10(6-12)8-18/h1-7H,9H2,(H2,19,20,21). The molecule has 0 unspecified atom stereocenters. The van der Waals surface area contributed by atoms with Crippen molar-refractivity contribution in [2.45, 2.75) is 6.54 Å². The lowest BCUT2D eigenvalue weighted by molar-refractivity contribution is 0.507. The van der Waals surface area contributed by atoms with Gasteiger partial charge < -0.3 is 10.6 Å². The van der Waals surface area contributed by atoms with Crippen molar-refractivity contribution in [3.8, 4) is 6.07 Å². The quantitative estimate of drug-likeness (QED) is 0.854. The number of hydrogen-bond donors (Lipinski definition) is 2. The fourth-order valence-corrected chi connectivity index (χ4v) is 1.86. The Labute approximate surface area is 126 Å². The van der Waals surface area contributed by atoms with Gasteiger partial charge in [0.1, 0.15) is 0 Å². The highest BCUT2D eigenvalue weighted by atomic mass is 32.1. The molecule has 0 fully saturated rings. The summed E-state index contributed by atoms with van der Waals surface area (Å²) >= 11 is 5.10. The predicted molar refractivity (Wildman–Crippen MR) is 80.6 cm³/mol. The molecule has 0 aromatic heterocycles. The fourth-order valence-electron chi connectivity index (χ4n) is 1.67. The van der Waals surface area contributed by atoms with Gasteiger partial charge in [-0.05, 0) is 48.1 Å². The van der Waals surface area contributed by atoms with E-state index in [1.807, 2.05) is 6.07 Å². The number of rotatable bonds is 3. The third kappa shape index (κ3) is 4.23. The lowest BCUT2D eigenvalue weighted by atomic mass is 10.2. The molecule has 0 amide bonds. The van der Waals surface area contributed by atoms with Gasteiger partial charge in [-0.25, -0.2) is 8.78 Å². The molecular weight excluding hydrogens is 292 g/mol. The first kappa shape index (κ1) is 14.9. The Morgan fingerprint density at radius 3 is 2.67 bits per heavy atom. The minimum absolute atomic E-state index is 0.265. The highest BCUT2D eigenvalue weighted by Crippen LogP contribution is 2.10. The number of nitrogens with zero attached hydrogens (tertiary/aromatic N) is 1. The van der Waals surface area contributed by atoms with Gasteiger partial charge in [-0.15, -0.1) is 0 Å². The molecule has 0 aliphatic carbocycles.